The Morgan fingerprint density at radius 3 is 2.30 bits per heavy atom. The molecule has 0 aromatic heterocycles. The Kier molecular flexibility index (Phi) is 7.32. The molecular weight excluding hydrogens is 248 g/mol. The Hall–Kier alpha value is -0.120. The number of methoxy groups -OCH3 is 1. The average Bonchev–Trinajstić information content (AvgIpc) is 2.77. The van der Waals surface area contributed by atoms with Crippen molar-refractivity contribution in [1.29, 1.82) is 0 Å². The Bertz CT molecular complexity index is 251. The third-order valence-corrected chi connectivity index (χ3v) is 5.31. The van der Waals surface area contributed by atoms with Gasteiger partial charge in [-0.2, -0.15) is 0 Å². The molecule has 2 N–H and O–H groups in total. The van der Waals surface area contributed by atoms with E-state index in [9.17, 15) is 0 Å². The van der Waals surface area contributed by atoms with Crippen LogP contribution < -0.4 is 5.73 Å². The standard InChI is InChI=1S/C17H34N2O/c1-20-17-11-6-10-16(14-17)19(13-7-12-18)15-8-4-2-3-5-9-15/h15-17H,2-14,18H2,1H3. The number of hydrogen-bond donors (Lipinski definition) is 1. The fourth-order valence-corrected chi connectivity index (χ4v) is 4.16. The Morgan fingerprint density at radius 2 is 1.65 bits per heavy atom. The van der Waals surface area contributed by atoms with Gasteiger partial charge in [-0.25, -0.2) is 0 Å². The second-order valence-electron chi connectivity index (χ2n) is 6.70. The second kappa shape index (κ2) is 9.01. The lowest BCUT2D eigenvalue weighted by atomic mass is 9.89. The van der Waals surface area contributed by atoms with Gasteiger partial charge < -0.3 is 10.5 Å². The fraction of sp³-hybridized carbons (Fsp3) is 1.00. The summed E-state index contributed by atoms with van der Waals surface area (Å²) in [5.74, 6) is 0. The van der Waals surface area contributed by atoms with E-state index in [2.05, 4.69) is 4.90 Å². The summed E-state index contributed by atoms with van der Waals surface area (Å²) in [6.45, 7) is 2.02. The normalized spacial score (nSPS) is 29.6. The van der Waals surface area contributed by atoms with Gasteiger partial charge in [0.25, 0.3) is 0 Å². The summed E-state index contributed by atoms with van der Waals surface area (Å²) in [6.07, 6.45) is 15.3. The van der Waals surface area contributed by atoms with Crippen LogP contribution in [0, 0.1) is 0 Å². The summed E-state index contributed by atoms with van der Waals surface area (Å²) in [7, 11) is 1.88. The third-order valence-electron chi connectivity index (χ3n) is 5.31. The van der Waals surface area contributed by atoms with E-state index in [1.807, 2.05) is 7.11 Å². The topological polar surface area (TPSA) is 38.5 Å². The van der Waals surface area contributed by atoms with Crippen LogP contribution >= 0.6 is 0 Å². The van der Waals surface area contributed by atoms with Crippen LogP contribution in [0.5, 0.6) is 0 Å². The molecule has 2 aliphatic carbocycles. The van der Waals surface area contributed by atoms with Crippen LogP contribution in [0.25, 0.3) is 0 Å². The molecule has 3 nitrogen and oxygen atoms in total. The quantitative estimate of drug-likeness (QED) is 0.760. The first-order valence-corrected chi connectivity index (χ1v) is 8.83. The summed E-state index contributed by atoms with van der Waals surface area (Å²) in [4.78, 5) is 2.82. The molecule has 0 radical (unpaired) electrons. The van der Waals surface area contributed by atoms with Crippen LogP contribution in [-0.2, 0) is 4.74 Å². The van der Waals surface area contributed by atoms with Gasteiger partial charge in [0.2, 0.25) is 0 Å². The molecule has 0 aromatic carbocycles. The van der Waals surface area contributed by atoms with Crippen molar-refractivity contribution in [2.24, 2.45) is 5.73 Å². The van der Waals surface area contributed by atoms with Gasteiger partial charge in [-0.3, -0.25) is 4.90 Å². The highest BCUT2D eigenvalue weighted by atomic mass is 16.5. The maximum Gasteiger partial charge on any atom is 0.0586 e. The second-order valence-corrected chi connectivity index (χ2v) is 6.70. The number of rotatable bonds is 6. The molecule has 0 heterocycles. The summed E-state index contributed by atoms with van der Waals surface area (Å²) in [5.41, 5.74) is 5.77. The SMILES string of the molecule is COC1CCCC(N(CCCN)C2CCCCCC2)C1. The van der Waals surface area contributed by atoms with Crippen molar-refractivity contribution in [3.8, 4) is 0 Å². The molecule has 0 spiro atoms. The first kappa shape index (κ1) is 16.3. The third kappa shape index (κ3) is 4.71. The molecule has 2 rings (SSSR count). The maximum absolute atomic E-state index is 5.77. The number of nitrogens with two attached hydrogens (primary N) is 1. The summed E-state index contributed by atoms with van der Waals surface area (Å²) >= 11 is 0. The molecule has 2 atom stereocenters. The van der Waals surface area contributed by atoms with Gasteiger partial charge >= 0.3 is 0 Å². The predicted molar refractivity (Wildman–Crippen MR) is 84.9 cm³/mol. The number of ether oxygens (including phenoxy) is 1. The molecular formula is C17H34N2O. The molecule has 2 fully saturated rings. The Labute approximate surface area is 125 Å². The molecule has 0 saturated heterocycles. The van der Waals surface area contributed by atoms with Crippen molar-refractivity contribution in [2.45, 2.75) is 88.8 Å². The minimum absolute atomic E-state index is 0.486. The maximum atomic E-state index is 5.77. The fourth-order valence-electron chi connectivity index (χ4n) is 4.16. The highest BCUT2D eigenvalue weighted by Gasteiger charge is 2.30. The van der Waals surface area contributed by atoms with Gasteiger partial charge in [0.15, 0.2) is 0 Å². The van der Waals surface area contributed by atoms with Crippen molar-refractivity contribution >= 4 is 0 Å². The predicted octanol–water partition coefficient (Wildman–Crippen LogP) is 3.32. The average molecular weight is 282 g/mol. The zero-order valence-electron chi connectivity index (χ0n) is 13.4. The summed E-state index contributed by atoms with van der Waals surface area (Å²) < 4.78 is 5.64. The monoisotopic (exact) mass is 282 g/mol. The Morgan fingerprint density at radius 1 is 0.950 bits per heavy atom. The first-order valence-electron chi connectivity index (χ1n) is 8.83. The van der Waals surface area contributed by atoms with Crippen molar-refractivity contribution in [1.82, 2.24) is 4.90 Å². The molecule has 20 heavy (non-hydrogen) atoms. The number of nitrogens with zero attached hydrogens (tertiary/aromatic N) is 1. The highest BCUT2D eigenvalue weighted by molar-refractivity contribution is 4.86. The van der Waals surface area contributed by atoms with E-state index in [4.69, 9.17) is 10.5 Å². The lowest BCUT2D eigenvalue weighted by Gasteiger charge is -2.41. The van der Waals surface area contributed by atoms with Crippen LogP contribution in [-0.4, -0.2) is 43.3 Å². The van der Waals surface area contributed by atoms with Crippen LogP contribution in [0.1, 0.15) is 70.6 Å². The van der Waals surface area contributed by atoms with E-state index < -0.39 is 0 Å². The van der Waals surface area contributed by atoms with Gasteiger partial charge in [0.1, 0.15) is 0 Å². The van der Waals surface area contributed by atoms with Crippen LogP contribution in [0.2, 0.25) is 0 Å². The zero-order chi connectivity index (χ0) is 14.2. The Balaban J connectivity index is 1.97. The van der Waals surface area contributed by atoms with E-state index in [1.165, 1.54) is 70.8 Å². The molecule has 0 aliphatic heterocycles. The van der Waals surface area contributed by atoms with E-state index in [0.717, 1.165) is 25.0 Å². The van der Waals surface area contributed by atoms with Gasteiger partial charge in [0.05, 0.1) is 6.10 Å². The van der Waals surface area contributed by atoms with Crippen molar-refractivity contribution < 1.29 is 4.74 Å². The largest absolute Gasteiger partial charge is 0.381 e. The summed E-state index contributed by atoms with van der Waals surface area (Å²) in [5, 5.41) is 0. The zero-order valence-corrected chi connectivity index (χ0v) is 13.4. The molecule has 0 bridgehead atoms. The highest BCUT2D eigenvalue weighted by Crippen LogP contribution is 2.30. The van der Waals surface area contributed by atoms with Gasteiger partial charge in [0, 0.05) is 19.2 Å². The van der Waals surface area contributed by atoms with Crippen molar-refractivity contribution in [3.63, 3.8) is 0 Å². The lowest BCUT2D eigenvalue weighted by Crippen LogP contribution is -2.47. The van der Waals surface area contributed by atoms with Crippen LogP contribution in [0.4, 0.5) is 0 Å². The molecule has 2 aliphatic rings. The van der Waals surface area contributed by atoms with Gasteiger partial charge in [-0.1, -0.05) is 25.7 Å². The van der Waals surface area contributed by atoms with E-state index in [-0.39, 0.29) is 0 Å². The smallest absolute Gasteiger partial charge is 0.0586 e. The summed E-state index contributed by atoms with van der Waals surface area (Å²) in [6, 6.07) is 1.55. The molecule has 0 amide bonds. The molecule has 2 unspecified atom stereocenters. The van der Waals surface area contributed by atoms with E-state index in [0.29, 0.717) is 6.10 Å². The van der Waals surface area contributed by atoms with Gasteiger partial charge in [-0.15, -0.1) is 0 Å². The molecule has 2 saturated carbocycles. The number of hydrogen-bond acceptors (Lipinski definition) is 3. The van der Waals surface area contributed by atoms with E-state index >= 15 is 0 Å². The van der Waals surface area contributed by atoms with E-state index in [1.54, 1.807) is 0 Å². The van der Waals surface area contributed by atoms with Crippen molar-refractivity contribution in [3.05, 3.63) is 0 Å². The molecule has 0 aromatic rings. The molecule has 3 heteroatoms. The first-order chi connectivity index (χ1) is 9.85. The minimum Gasteiger partial charge on any atom is -0.381 e. The molecule has 118 valence electrons. The van der Waals surface area contributed by atoms with Crippen LogP contribution in [0.3, 0.4) is 0 Å². The minimum atomic E-state index is 0.486. The van der Waals surface area contributed by atoms with Gasteiger partial charge in [-0.05, 0) is 58.0 Å². The lowest BCUT2D eigenvalue weighted by molar-refractivity contribution is 0.0111. The van der Waals surface area contributed by atoms with Crippen LogP contribution in [0.15, 0.2) is 0 Å². The van der Waals surface area contributed by atoms with Crippen molar-refractivity contribution in [2.75, 3.05) is 20.2 Å².